The Hall–Kier alpha value is -1.14. The van der Waals surface area contributed by atoms with Crippen molar-refractivity contribution < 1.29 is 19.8 Å². The van der Waals surface area contributed by atoms with E-state index in [1.165, 1.54) is 0 Å². The van der Waals surface area contributed by atoms with Gasteiger partial charge in [-0.1, -0.05) is 40.5 Å². The molecular weight excluding hydrogens is 344 g/mol. The summed E-state index contributed by atoms with van der Waals surface area (Å²) in [6, 6.07) is -1.14. The standard InChI is InChI=1S/C21H40N2O4/c1-13(2)15(19(5,6)26)23(16(14(3)4)20(7,8)27)18(25)21(17(22)24)11-9-10-12-21/h13-16,26-27H,9-12H2,1-8H3,(H2,22,24)/t15-,16-/m1/s1. The van der Waals surface area contributed by atoms with E-state index in [4.69, 9.17) is 5.73 Å². The van der Waals surface area contributed by atoms with Gasteiger partial charge in [-0.2, -0.15) is 0 Å². The van der Waals surface area contributed by atoms with Crippen LogP contribution in [0.3, 0.4) is 0 Å². The summed E-state index contributed by atoms with van der Waals surface area (Å²) >= 11 is 0. The van der Waals surface area contributed by atoms with Crippen LogP contribution in [-0.4, -0.2) is 50.2 Å². The lowest BCUT2D eigenvalue weighted by atomic mass is 9.76. The molecule has 0 aromatic rings. The largest absolute Gasteiger partial charge is 0.388 e. The Bertz CT molecular complexity index is 511. The highest BCUT2D eigenvalue weighted by Gasteiger charge is 2.55. The van der Waals surface area contributed by atoms with E-state index in [2.05, 4.69) is 0 Å². The van der Waals surface area contributed by atoms with Crippen LogP contribution < -0.4 is 5.73 Å². The maximum absolute atomic E-state index is 13.9. The van der Waals surface area contributed by atoms with E-state index in [1.54, 1.807) is 32.6 Å². The van der Waals surface area contributed by atoms with Crippen molar-refractivity contribution in [1.82, 2.24) is 4.90 Å². The van der Waals surface area contributed by atoms with Crippen molar-refractivity contribution in [1.29, 1.82) is 0 Å². The number of amides is 2. The summed E-state index contributed by atoms with van der Waals surface area (Å²) in [6.07, 6.45) is 2.38. The van der Waals surface area contributed by atoms with E-state index >= 15 is 0 Å². The molecule has 6 heteroatoms. The molecule has 1 aliphatic carbocycles. The highest BCUT2D eigenvalue weighted by Crippen LogP contribution is 2.43. The molecule has 0 spiro atoms. The summed E-state index contributed by atoms with van der Waals surface area (Å²) in [4.78, 5) is 27.9. The third-order valence-corrected chi connectivity index (χ3v) is 5.88. The second-order valence-corrected chi connectivity index (χ2v) is 10.1. The number of hydrogen-bond donors (Lipinski definition) is 3. The lowest BCUT2D eigenvalue weighted by Gasteiger charge is -2.52. The Morgan fingerprint density at radius 2 is 1.22 bits per heavy atom. The molecule has 0 unspecified atom stereocenters. The first-order valence-electron chi connectivity index (χ1n) is 10.1. The van der Waals surface area contributed by atoms with Crippen molar-refractivity contribution >= 4 is 11.8 Å². The molecule has 1 rings (SSSR count). The lowest BCUT2D eigenvalue weighted by molar-refractivity contribution is -0.172. The molecule has 2 amide bonds. The number of nitrogens with two attached hydrogens (primary N) is 1. The minimum atomic E-state index is -1.25. The highest BCUT2D eigenvalue weighted by atomic mass is 16.3. The SMILES string of the molecule is CC(C)[C@@H](N(C(=O)C1(C(N)=O)CCCC1)[C@H](C(C)C)C(C)(C)O)C(C)(C)O. The molecule has 4 N–H and O–H groups in total. The van der Waals surface area contributed by atoms with Crippen LogP contribution in [0, 0.1) is 17.3 Å². The number of carbonyl (C=O) groups is 2. The Balaban J connectivity index is 3.67. The third-order valence-electron chi connectivity index (χ3n) is 5.88. The maximum Gasteiger partial charge on any atom is 0.238 e. The van der Waals surface area contributed by atoms with Crippen LogP contribution in [0.1, 0.15) is 81.1 Å². The summed E-state index contributed by atoms with van der Waals surface area (Å²) in [5.41, 5.74) is 2.06. The number of aliphatic hydroxyl groups is 2. The molecule has 6 nitrogen and oxygen atoms in total. The fraction of sp³-hybridized carbons (Fsp3) is 0.905. The molecule has 27 heavy (non-hydrogen) atoms. The summed E-state index contributed by atoms with van der Waals surface area (Å²) in [5, 5.41) is 21.9. The Morgan fingerprint density at radius 3 is 1.44 bits per heavy atom. The first-order chi connectivity index (χ1) is 12.1. The van der Waals surface area contributed by atoms with Crippen molar-refractivity contribution in [3.63, 3.8) is 0 Å². The normalized spacial score (nSPS) is 20.0. The van der Waals surface area contributed by atoms with Crippen LogP contribution in [0.4, 0.5) is 0 Å². The van der Waals surface area contributed by atoms with Gasteiger partial charge in [-0.05, 0) is 52.4 Å². The van der Waals surface area contributed by atoms with E-state index in [0.29, 0.717) is 12.8 Å². The van der Waals surface area contributed by atoms with Crippen LogP contribution in [0.2, 0.25) is 0 Å². The first kappa shape index (κ1) is 23.9. The van der Waals surface area contributed by atoms with Crippen LogP contribution >= 0.6 is 0 Å². The zero-order chi connectivity index (χ0) is 21.4. The lowest BCUT2D eigenvalue weighted by Crippen LogP contribution is -2.67. The van der Waals surface area contributed by atoms with E-state index in [9.17, 15) is 19.8 Å². The zero-order valence-corrected chi connectivity index (χ0v) is 18.4. The van der Waals surface area contributed by atoms with Crippen molar-refractivity contribution in [2.24, 2.45) is 23.0 Å². The van der Waals surface area contributed by atoms with Crippen LogP contribution in [0.25, 0.3) is 0 Å². The topological polar surface area (TPSA) is 104 Å². The van der Waals surface area contributed by atoms with Gasteiger partial charge in [0.15, 0.2) is 0 Å². The minimum Gasteiger partial charge on any atom is -0.388 e. The second kappa shape index (κ2) is 8.08. The van der Waals surface area contributed by atoms with Crippen molar-refractivity contribution in [3.8, 4) is 0 Å². The highest BCUT2D eigenvalue weighted by molar-refractivity contribution is 6.05. The molecule has 0 aromatic heterocycles. The quantitative estimate of drug-likeness (QED) is 0.559. The number of nitrogens with zero attached hydrogens (tertiary/aromatic N) is 1. The molecule has 0 saturated heterocycles. The number of rotatable bonds is 8. The van der Waals surface area contributed by atoms with Gasteiger partial charge in [0.05, 0.1) is 23.3 Å². The molecule has 1 saturated carbocycles. The van der Waals surface area contributed by atoms with Gasteiger partial charge in [-0.15, -0.1) is 0 Å². The van der Waals surface area contributed by atoms with Gasteiger partial charge in [0, 0.05) is 0 Å². The molecule has 0 aliphatic heterocycles. The van der Waals surface area contributed by atoms with Crippen LogP contribution in [0.5, 0.6) is 0 Å². The van der Waals surface area contributed by atoms with E-state index in [0.717, 1.165) is 12.8 Å². The van der Waals surface area contributed by atoms with Crippen LogP contribution in [-0.2, 0) is 9.59 Å². The Morgan fingerprint density at radius 1 is 0.889 bits per heavy atom. The van der Waals surface area contributed by atoms with Crippen LogP contribution in [0.15, 0.2) is 0 Å². The Labute approximate surface area is 164 Å². The molecule has 0 bridgehead atoms. The molecular formula is C21H40N2O4. The molecule has 1 fully saturated rings. The number of carbonyl (C=O) groups excluding carboxylic acids is 2. The van der Waals surface area contributed by atoms with Gasteiger partial charge < -0.3 is 20.8 Å². The fourth-order valence-corrected chi connectivity index (χ4v) is 5.17. The molecule has 0 heterocycles. The average molecular weight is 385 g/mol. The van der Waals surface area contributed by atoms with Gasteiger partial charge in [0.25, 0.3) is 0 Å². The molecule has 0 aromatic carbocycles. The summed E-state index contributed by atoms with van der Waals surface area (Å²) < 4.78 is 0. The van der Waals surface area contributed by atoms with Gasteiger partial charge >= 0.3 is 0 Å². The number of hydrogen-bond acceptors (Lipinski definition) is 4. The average Bonchev–Trinajstić information content (AvgIpc) is 2.92. The van der Waals surface area contributed by atoms with E-state index < -0.39 is 34.6 Å². The predicted octanol–water partition coefficient (Wildman–Crippen LogP) is 2.45. The molecule has 0 radical (unpaired) electrons. The maximum atomic E-state index is 13.9. The molecule has 1 aliphatic rings. The summed E-state index contributed by atoms with van der Waals surface area (Å²) in [7, 11) is 0. The summed E-state index contributed by atoms with van der Waals surface area (Å²) in [5.74, 6) is -1.12. The molecule has 2 atom stereocenters. The monoisotopic (exact) mass is 384 g/mol. The zero-order valence-electron chi connectivity index (χ0n) is 18.4. The van der Waals surface area contributed by atoms with Gasteiger partial charge in [0.2, 0.25) is 11.8 Å². The Kier molecular flexibility index (Phi) is 7.15. The second-order valence-electron chi connectivity index (χ2n) is 10.1. The van der Waals surface area contributed by atoms with Crippen molar-refractivity contribution in [2.75, 3.05) is 0 Å². The van der Waals surface area contributed by atoms with Gasteiger partial charge in [-0.25, -0.2) is 0 Å². The predicted molar refractivity (Wildman–Crippen MR) is 107 cm³/mol. The van der Waals surface area contributed by atoms with Crippen molar-refractivity contribution in [3.05, 3.63) is 0 Å². The first-order valence-corrected chi connectivity index (χ1v) is 10.1. The van der Waals surface area contributed by atoms with E-state index in [1.807, 2.05) is 27.7 Å². The third kappa shape index (κ3) is 4.83. The van der Waals surface area contributed by atoms with E-state index in [-0.39, 0.29) is 17.7 Å². The summed E-state index contributed by atoms with van der Waals surface area (Å²) in [6.45, 7) is 14.5. The van der Waals surface area contributed by atoms with Gasteiger partial charge in [0.1, 0.15) is 5.41 Å². The molecule has 158 valence electrons. The smallest absolute Gasteiger partial charge is 0.238 e. The fourth-order valence-electron chi connectivity index (χ4n) is 5.17. The van der Waals surface area contributed by atoms with Crippen molar-refractivity contribution in [2.45, 2.75) is 104 Å². The van der Waals surface area contributed by atoms with Gasteiger partial charge in [-0.3, -0.25) is 9.59 Å². The number of primary amides is 1. The minimum absolute atomic E-state index is 0.0797.